The Morgan fingerprint density at radius 1 is 1.24 bits per heavy atom. The normalized spacial score (nSPS) is 10.9. The van der Waals surface area contributed by atoms with Gasteiger partial charge >= 0.3 is 5.97 Å². The molecule has 0 atom stereocenters. The second kappa shape index (κ2) is 8.86. The molecule has 29 heavy (non-hydrogen) atoms. The zero-order chi connectivity index (χ0) is 21.8. The van der Waals surface area contributed by atoms with E-state index in [2.05, 4.69) is 5.32 Å². The van der Waals surface area contributed by atoms with Crippen LogP contribution >= 0.6 is 11.6 Å². The molecule has 0 radical (unpaired) electrons. The number of ether oxygens (including phenoxy) is 2. The SMILES string of the molecule is COc1cc([N+](=O)[O-])ccc1NC(=O)COC(=O)c1ccc(Cl)c(S(N)(=O)=O)c1. The number of hydrogen-bond acceptors (Lipinski definition) is 8. The quantitative estimate of drug-likeness (QED) is 0.370. The lowest BCUT2D eigenvalue weighted by molar-refractivity contribution is -0.384. The van der Waals surface area contributed by atoms with Gasteiger partial charge in [0.2, 0.25) is 10.0 Å². The fraction of sp³-hybridized carbons (Fsp3) is 0.125. The number of hydrogen-bond donors (Lipinski definition) is 2. The summed E-state index contributed by atoms with van der Waals surface area (Å²) in [7, 11) is -2.90. The van der Waals surface area contributed by atoms with Crippen LogP contribution in [0.5, 0.6) is 5.75 Å². The summed E-state index contributed by atoms with van der Waals surface area (Å²) in [5.41, 5.74) is -0.291. The summed E-state index contributed by atoms with van der Waals surface area (Å²) in [6.45, 7) is -0.716. The number of primary sulfonamides is 1. The Morgan fingerprint density at radius 2 is 1.93 bits per heavy atom. The number of non-ortho nitro benzene ring substituents is 1. The predicted octanol–water partition coefficient (Wildman–Crippen LogP) is 1.70. The average Bonchev–Trinajstić information content (AvgIpc) is 2.65. The summed E-state index contributed by atoms with van der Waals surface area (Å²) in [4.78, 5) is 33.7. The van der Waals surface area contributed by atoms with E-state index in [0.717, 1.165) is 24.3 Å². The summed E-state index contributed by atoms with van der Waals surface area (Å²) in [5.74, 6) is -1.71. The summed E-state index contributed by atoms with van der Waals surface area (Å²) in [5, 5.41) is 18.0. The van der Waals surface area contributed by atoms with Gasteiger partial charge in [-0.25, -0.2) is 18.4 Å². The van der Waals surface area contributed by atoms with E-state index < -0.39 is 38.3 Å². The van der Waals surface area contributed by atoms with Crippen LogP contribution in [0.1, 0.15) is 10.4 Å². The van der Waals surface area contributed by atoms with E-state index in [1.807, 2.05) is 0 Å². The molecule has 1 amide bonds. The number of rotatable bonds is 7. The van der Waals surface area contributed by atoms with E-state index in [1.54, 1.807) is 0 Å². The number of methoxy groups -OCH3 is 1. The zero-order valence-corrected chi connectivity index (χ0v) is 16.3. The number of esters is 1. The van der Waals surface area contributed by atoms with Crippen LogP contribution < -0.4 is 15.2 Å². The van der Waals surface area contributed by atoms with Gasteiger partial charge in [0.1, 0.15) is 10.6 Å². The second-order valence-electron chi connectivity index (χ2n) is 5.46. The molecular formula is C16H14ClN3O8S. The molecule has 0 saturated heterocycles. The highest BCUT2D eigenvalue weighted by molar-refractivity contribution is 7.89. The van der Waals surface area contributed by atoms with Crippen LogP contribution in [0.25, 0.3) is 0 Å². The van der Waals surface area contributed by atoms with Crippen LogP contribution in [0.3, 0.4) is 0 Å². The smallest absolute Gasteiger partial charge is 0.338 e. The third-order valence-electron chi connectivity index (χ3n) is 3.48. The largest absolute Gasteiger partial charge is 0.494 e. The predicted molar refractivity (Wildman–Crippen MR) is 101 cm³/mol. The minimum absolute atomic E-state index is 0.0365. The first-order valence-electron chi connectivity index (χ1n) is 7.64. The van der Waals surface area contributed by atoms with Crippen molar-refractivity contribution in [1.82, 2.24) is 0 Å². The molecule has 154 valence electrons. The number of nitrogens with one attached hydrogen (secondary N) is 1. The molecule has 13 heteroatoms. The Labute approximate surface area is 169 Å². The van der Waals surface area contributed by atoms with Crippen LogP contribution in [-0.4, -0.2) is 38.9 Å². The van der Waals surface area contributed by atoms with Crippen molar-refractivity contribution >= 4 is 44.9 Å². The summed E-state index contributed by atoms with van der Waals surface area (Å²) < 4.78 is 32.7. The minimum atomic E-state index is -4.16. The van der Waals surface area contributed by atoms with Crippen molar-refractivity contribution in [2.24, 2.45) is 5.14 Å². The number of nitro groups is 1. The lowest BCUT2D eigenvalue weighted by Crippen LogP contribution is -2.21. The van der Waals surface area contributed by atoms with Crippen molar-refractivity contribution in [3.63, 3.8) is 0 Å². The van der Waals surface area contributed by atoms with Crippen LogP contribution in [0.15, 0.2) is 41.3 Å². The average molecular weight is 444 g/mol. The molecule has 0 saturated carbocycles. The molecule has 0 spiro atoms. The molecule has 0 aliphatic rings. The molecular weight excluding hydrogens is 430 g/mol. The maximum Gasteiger partial charge on any atom is 0.338 e. The maximum atomic E-state index is 12.1. The molecule has 2 rings (SSSR count). The number of nitrogens with two attached hydrogens (primary N) is 1. The van der Waals surface area contributed by atoms with Crippen molar-refractivity contribution in [2.75, 3.05) is 19.0 Å². The van der Waals surface area contributed by atoms with E-state index in [0.29, 0.717) is 0 Å². The van der Waals surface area contributed by atoms with E-state index in [9.17, 15) is 28.1 Å². The van der Waals surface area contributed by atoms with Crippen molar-refractivity contribution in [1.29, 1.82) is 0 Å². The monoisotopic (exact) mass is 443 g/mol. The first-order chi connectivity index (χ1) is 13.5. The van der Waals surface area contributed by atoms with Gasteiger partial charge < -0.3 is 14.8 Å². The lowest BCUT2D eigenvalue weighted by atomic mass is 10.2. The van der Waals surface area contributed by atoms with Crippen LogP contribution in [0, 0.1) is 10.1 Å². The highest BCUT2D eigenvalue weighted by atomic mass is 35.5. The van der Waals surface area contributed by atoms with Crippen molar-refractivity contribution < 1.29 is 32.4 Å². The molecule has 11 nitrogen and oxygen atoms in total. The Bertz CT molecular complexity index is 1090. The van der Waals surface area contributed by atoms with E-state index in [4.69, 9.17) is 26.2 Å². The van der Waals surface area contributed by atoms with Gasteiger partial charge in [-0.3, -0.25) is 14.9 Å². The van der Waals surface area contributed by atoms with Crippen molar-refractivity contribution in [3.05, 3.63) is 57.1 Å². The van der Waals surface area contributed by atoms with E-state index in [-0.39, 0.29) is 27.7 Å². The summed E-state index contributed by atoms with van der Waals surface area (Å²) >= 11 is 5.73. The number of anilines is 1. The van der Waals surface area contributed by atoms with Gasteiger partial charge in [0.05, 0.1) is 34.4 Å². The summed E-state index contributed by atoms with van der Waals surface area (Å²) in [6.07, 6.45) is 0. The Balaban J connectivity index is 2.06. The number of carbonyl (C=O) groups excluding carboxylic acids is 2. The van der Waals surface area contributed by atoms with Crippen LogP contribution in [0.2, 0.25) is 5.02 Å². The molecule has 0 aromatic heterocycles. The second-order valence-corrected chi connectivity index (χ2v) is 7.39. The standard InChI is InChI=1S/C16H14ClN3O8S/c1-27-13-7-10(20(23)24)3-5-12(13)19-15(21)8-28-16(22)9-2-4-11(17)14(6-9)29(18,25)26/h2-7H,8H2,1H3,(H,19,21)(H2,18,25,26). The van der Waals surface area contributed by atoms with Gasteiger partial charge in [-0.1, -0.05) is 11.6 Å². The number of sulfonamides is 1. The zero-order valence-electron chi connectivity index (χ0n) is 14.7. The highest BCUT2D eigenvalue weighted by Gasteiger charge is 2.19. The number of halogens is 1. The maximum absolute atomic E-state index is 12.1. The number of nitrogens with zero attached hydrogens (tertiary/aromatic N) is 1. The fourth-order valence-electron chi connectivity index (χ4n) is 2.15. The lowest BCUT2D eigenvalue weighted by Gasteiger charge is -2.10. The summed E-state index contributed by atoms with van der Waals surface area (Å²) in [6, 6.07) is 6.82. The molecule has 0 heterocycles. The molecule has 2 aromatic rings. The fourth-order valence-corrected chi connectivity index (χ4v) is 3.22. The van der Waals surface area contributed by atoms with Gasteiger partial charge in [-0.2, -0.15) is 0 Å². The van der Waals surface area contributed by atoms with Crippen LogP contribution in [0.4, 0.5) is 11.4 Å². The van der Waals surface area contributed by atoms with Gasteiger partial charge in [-0.05, 0) is 24.3 Å². The topological polar surface area (TPSA) is 168 Å². The molecule has 0 aliphatic heterocycles. The number of carbonyl (C=O) groups is 2. The molecule has 3 N–H and O–H groups in total. The first-order valence-corrected chi connectivity index (χ1v) is 9.57. The molecule has 0 unspecified atom stereocenters. The molecule has 0 aliphatic carbocycles. The molecule has 2 aromatic carbocycles. The van der Waals surface area contributed by atoms with E-state index in [1.165, 1.54) is 19.2 Å². The molecule has 0 fully saturated rings. The van der Waals surface area contributed by atoms with Crippen molar-refractivity contribution in [2.45, 2.75) is 4.90 Å². The Hall–Kier alpha value is -3.22. The van der Waals surface area contributed by atoms with Crippen LogP contribution in [-0.2, 0) is 19.6 Å². The number of nitro benzene ring substituents is 1. The number of amides is 1. The van der Waals surface area contributed by atoms with Gasteiger partial charge in [-0.15, -0.1) is 0 Å². The minimum Gasteiger partial charge on any atom is -0.494 e. The van der Waals surface area contributed by atoms with Gasteiger partial charge in [0, 0.05) is 6.07 Å². The third-order valence-corrected chi connectivity index (χ3v) is 4.87. The third kappa shape index (κ3) is 5.63. The van der Waals surface area contributed by atoms with Crippen molar-refractivity contribution in [3.8, 4) is 5.75 Å². The Kier molecular flexibility index (Phi) is 6.74. The van der Waals surface area contributed by atoms with Gasteiger partial charge in [0.15, 0.2) is 6.61 Å². The van der Waals surface area contributed by atoms with Gasteiger partial charge in [0.25, 0.3) is 11.6 Å². The highest BCUT2D eigenvalue weighted by Crippen LogP contribution is 2.29. The first kappa shape index (κ1) is 22.1. The molecule has 0 bridgehead atoms. The van der Waals surface area contributed by atoms with E-state index >= 15 is 0 Å². The Morgan fingerprint density at radius 3 is 2.52 bits per heavy atom. The number of benzene rings is 2.